The Morgan fingerprint density at radius 1 is 1.17 bits per heavy atom. The van der Waals surface area contributed by atoms with E-state index in [9.17, 15) is 8.42 Å². The molecule has 1 N–H and O–H groups in total. The lowest BCUT2D eigenvalue weighted by Gasteiger charge is -2.05. The van der Waals surface area contributed by atoms with Crippen molar-refractivity contribution < 1.29 is 8.42 Å². The number of hydrogen-bond acceptors (Lipinski definition) is 6. The molecule has 2 heterocycles. The fourth-order valence-electron chi connectivity index (χ4n) is 1.14. The van der Waals surface area contributed by atoms with E-state index in [1.54, 1.807) is 12.1 Å². The third kappa shape index (κ3) is 2.58. The van der Waals surface area contributed by atoms with Gasteiger partial charge in [0.1, 0.15) is 16.7 Å². The maximum atomic E-state index is 11.9. The zero-order chi connectivity index (χ0) is 13.0. The van der Waals surface area contributed by atoms with E-state index < -0.39 is 10.0 Å². The number of rotatable bonds is 3. The summed E-state index contributed by atoms with van der Waals surface area (Å²) < 4.78 is 26.0. The van der Waals surface area contributed by atoms with Crippen LogP contribution in [0.1, 0.15) is 5.69 Å². The van der Waals surface area contributed by atoms with Crippen molar-refractivity contribution in [2.45, 2.75) is 4.90 Å². The van der Waals surface area contributed by atoms with Crippen molar-refractivity contribution in [1.82, 2.24) is 15.0 Å². The summed E-state index contributed by atoms with van der Waals surface area (Å²) in [5.41, 5.74) is 0.143. The summed E-state index contributed by atoms with van der Waals surface area (Å²) in [4.78, 5) is 11.1. The molecule has 0 saturated carbocycles. The van der Waals surface area contributed by atoms with E-state index in [0.717, 1.165) is 6.20 Å². The van der Waals surface area contributed by atoms with Gasteiger partial charge >= 0.3 is 0 Å². The highest BCUT2D eigenvalue weighted by Crippen LogP contribution is 2.11. The third-order valence-corrected chi connectivity index (χ3v) is 3.27. The minimum absolute atomic E-state index is 0.0261. The molecule has 18 heavy (non-hydrogen) atoms. The molecule has 0 aliphatic carbocycles. The van der Waals surface area contributed by atoms with Gasteiger partial charge < -0.3 is 0 Å². The van der Waals surface area contributed by atoms with Crippen molar-refractivity contribution in [3.63, 3.8) is 0 Å². The third-order valence-electron chi connectivity index (χ3n) is 1.95. The molecule has 0 aliphatic heterocycles. The molecule has 0 bridgehead atoms. The first-order valence-corrected chi connectivity index (χ1v) is 6.26. The lowest BCUT2D eigenvalue weighted by Crippen LogP contribution is -2.15. The second kappa shape index (κ2) is 4.77. The SMILES string of the molecule is N#Cc1ccc(S(=O)(=O)Nc2ncccn2)cn1. The second-order valence-corrected chi connectivity index (χ2v) is 4.85. The maximum absolute atomic E-state index is 11.9. The summed E-state index contributed by atoms with van der Waals surface area (Å²) in [6.07, 6.45) is 3.94. The Morgan fingerprint density at radius 3 is 2.44 bits per heavy atom. The van der Waals surface area contributed by atoms with Crippen molar-refractivity contribution in [1.29, 1.82) is 5.26 Å². The van der Waals surface area contributed by atoms with E-state index in [1.807, 2.05) is 0 Å². The molecule has 0 fully saturated rings. The van der Waals surface area contributed by atoms with Crippen LogP contribution in [-0.2, 0) is 10.0 Å². The molecule has 7 nitrogen and oxygen atoms in total. The molecule has 0 amide bonds. The Bertz CT molecular complexity index is 676. The van der Waals surface area contributed by atoms with Gasteiger partial charge in [-0.1, -0.05) is 0 Å². The van der Waals surface area contributed by atoms with Crippen LogP contribution < -0.4 is 4.72 Å². The predicted molar refractivity (Wildman–Crippen MR) is 61.8 cm³/mol. The average Bonchev–Trinajstić information content (AvgIpc) is 2.39. The highest BCUT2D eigenvalue weighted by Gasteiger charge is 2.15. The highest BCUT2D eigenvalue weighted by atomic mass is 32.2. The van der Waals surface area contributed by atoms with E-state index in [2.05, 4.69) is 19.7 Å². The van der Waals surface area contributed by atoms with E-state index in [4.69, 9.17) is 5.26 Å². The summed E-state index contributed by atoms with van der Waals surface area (Å²) in [6.45, 7) is 0. The molecule has 8 heteroatoms. The number of anilines is 1. The lowest BCUT2D eigenvalue weighted by atomic mass is 10.4. The number of nitrogens with zero attached hydrogens (tertiary/aromatic N) is 4. The van der Waals surface area contributed by atoms with Gasteiger partial charge in [-0.15, -0.1) is 0 Å². The van der Waals surface area contributed by atoms with Crippen LogP contribution in [0.4, 0.5) is 5.95 Å². The first-order chi connectivity index (χ1) is 8.62. The first-order valence-electron chi connectivity index (χ1n) is 4.78. The fraction of sp³-hybridized carbons (Fsp3) is 0. The summed E-state index contributed by atoms with van der Waals surface area (Å²) in [6, 6.07) is 5.98. The van der Waals surface area contributed by atoms with Crippen LogP contribution in [0.25, 0.3) is 0 Å². The van der Waals surface area contributed by atoms with Crippen molar-refractivity contribution >= 4 is 16.0 Å². The van der Waals surface area contributed by atoms with Gasteiger partial charge in [-0.05, 0) is 18.2 Å². The number of hydrogen-bond donors (Lipinski definition) is 1. The Labute approximate surface area is 103 Å². The Balaban J connectivity index is 2.29. The smallest absolute Gasteiger partial charge is 0.247 e. The highest BCUT2D eigenvalue weighted by molar-refractivity contribution is 7.92. The van der Waals surface area contributed by atoms with Crippen molar-refractivity contribution in [3.05, 3.63) is 42.5 Å². The van der Waals surface area contributed by atoms with Crippen molar-refractivity contribution in [2.24, 2.45) is 0 Å². The van der Waals surface area contributed by atoms with Gasteiger partial charge in [0.15, 0.2) is 0 Å². The summed E-state index contributed by atoms with van der Waals surface area (Å²) in [5, 5.41) is 8.57. The van der Waals surface area contributed by atoms with E-state index in [0.29, 0.717) is 0 Å². The van der Waals surface area contributed by atoms with Crippen LogP contribution in [-0.4, -0.2) is 23.4 Å². The standard InChI is InChI=1S/C10H7N5O2S/c11-6-8-2-3-9(7-14-8)18(16,17)15-10-12-4-1-5-13-10/h1-5,7H,(H,12,13,15). The van der Waals surface area contributed by atoms with Gasteiger partial charge in [0.2, 0.25) is 5.95 Å². The Morgan fingerprint density at radius 2 is 1.89 bits per heavy atom. The van der Waals surface area contributed by atoms with E-state index >= 15 is 0 Å². The number of aromatic nitrogens is 3. The van der Waals surface area contributed by atoms with Gasteiger partial charge in [0.05, 0.1) is 0 Å². The molecule has 0 atom stereocenters. The topological polar surface area (TPSA) is 109 Å². The average molecular weight is 261 g/mol. The zero-order valence-corrected chi connectivity index (χ0v) is 9.79. The summed E-state index contributed by atoms with van der Waals surface area (Å²) in [7, 11) is -3.79. The van der Waals surface area contributed by atoms with Crippen molar-refractivity contribution in [3.8, 4) is 6.07 Å². The molecular formula is C10H7N5O2S. The lowest BCUT2D eigenvalue weighted by molar-refractivity contribution is 0.600. The molecule has 2 rings (SSSR count). The summed E-state index contributed by atoms with van der Waals surface area (Å²) in [5.74, 6) is -0.0261. The molecule has 0 saturated heterocycles. The van der Waals surface area contributed by atoms with E-state index in [-0.39, 0.29) is 16.5 Å². The number of nitriles is 1. The molecule has 0 aliphatic rings. The summed E-state index contributed by atoms with van der Waals surface area (Å²) >= 11 is 0. The van der Waals surface area contributed by atoms with Gasteiger partial charge in [-0.3, -0.25) is 0 Å². The minimum Gasteiger partial charge on any atom is -0.247 e. The second-order valence-electron chi connectivity index (χ2n) is 3.17. The monoisotopic (exact) mass is 261 g/mol. The molecule has 2 aromatic rings. The zero-order valence-electron chi connectivity index (χ0n) is 8.98. The molecule has 90 valence electrons. The van der Waals surface area contributed by atoms with Crippen LogP contribution in [0, 0.1) is 11.3 Å². The maximum Gasteiger partial charge on any atom is 0.265 e. The fourth-order valence-corrected chi connectivity index (χ4v) is 2.04. The van der Waals surface area contributed by atoms with Crippen LogP contribution in [0.5, 0.6) is 0 Å². The van der Waals surface area contributed by atoms with Gasteiger partial charge in [0, 0.05) is 18.6 Å². The van der Waals surface area contributed by atoms with Crippen LogP contribution in [0.15, 0.2) is 41.7 Å². The van der Waals surface area contributed by atoms with Crippen LogP contribution >= 0.6 is 0 Å². The molecule has 0 spiro atoms. The minimum atomic E-state index is -3.79. The molecule has 0 unspecified atom stereocenters. The molecule has 2 aromatic heterocycles. The Hall–Kier alpha value is -2.53. The van der Waals surface area contributed by atoms with Gasteiger partial charge in [0.25, 0.3) is 10.0 Å². The van der Waals surface area contributed by atoms with Crippen LogP contribution in [0.3, 0.4) is 0 Å². The van der Waals surface area contributed by atoms with Gasteiger partial charge in [-0.25, -0.2) is 28.1 Å². The number of pyridine rings is 1. The number of sulfonamides is 1. The quantitative estimate of drug-likeness (QED) is 0.863. The predicted octanol–water partition coefficient (Wildman–Crippen LogP) is 0.544. The molecular weight excluding hydrogens is 254 g/mol. The largest absolute Gasteiger partial charge is 0.265 e. The van der Waals surface area contributed by atoms with Crippen molar-refractivity contribution in [2.75, 3.05) is 4.72 Å². The molecule has 0 radical (unpaired) electrons. The number of nitrogens with one attached hydrogen (secondary N) is 1. The van der Waals surface area contributed by atoms with Gasteiger partial charge in [-0.2, -0.15) is 5.26 Å². The molecule has 0 aromatic carbocycles. The van der Waals surface area contributed by atoms with Crippen LogP contribution in [0.2, 0.25) is 0 Å². The van der Waals surface area contributed by atoms with E-state index in [1.165, 1.54) is 24.5 Å². The Kier molecular flexibility index (Phi) is 3.16. The normalized spacial score (nSPS) is 10.6. The first kappa shape index (κ1) is 11.9.